The molecule has 0 atom stereocenters. The van der Waals surface area contributed by atoms with Gasteiger partial charge in [-0.3, -0.25) is 9.10 Å². The Morgan fingerprint density at radius 1 is 1.09 bits per heavy atom. The largest absolute Gasteiger partial charge is 0.416 e. The smallest absolute Gasteiger partial charge is 0.352 e. The van der Waals surface area contributed by atoms with E-state index < -0.39 is 21.8 Å². The lowest BCUT2D eigenvalue weighted by Crippen LogP contribution is -2.31. The highest BCUT2D eigenvalue weighted by Gasteiger charge is 2.32. The predicted molar refractivity (Wildman–Crippen MR) is 123 cm³/mol. The molecule has 1 fully saturated rings. The van der Waals surface area contributed by atoms with Crippen molar-refractivity contribution >= 4 is 33.2 Å². The molecule has 0 heterocycles. The van der Waals surface area contributed by atoms with Crippen LogP contribution in [0.3, 0.4) is 0 Å². The molecule has 1 saturated carbocycles. The normalized spacial score (nSPS) is 15.3. The standard InChI is InChI=1S/C23H26ClF3N2O3S/c1-33(31,32)29(21-13-19(23(25,26)27)11-12-20(21)24)15-17-7-9-18(10-8-17)22(30)28-14-16-5-3-2-4-6-16/h7-13,16H,2-6,14-15H2,1H3,(H,28,30). The maximum Gasteiger partial charge on any atom is 0.416 e. The van der Waals surface area contributed by atoms with Crippen LogP contribution in [0.4, 0.5) is 18.9 Å². The van der Waals surface area contributed by atoms with Crippen LogP contribution >= 0.6 is 11.6 Å². The van der Waals surface area contributed by atoms with Gasteiger partial charge in [-0.2, -0.15) is 13.2 Å². The molecule has 10 heteroatoms. The average Bonchev–Trinajstić information content (AvgIpc) is 2.76. The number of hydrogen-bond donors (Lipinski definition) is 1. The van der Waals surface area contributed by atoms with E-state index >= 15 is 0 Å². The summed E-state index contributed by atoms with van der Waals surface area (Å²) >= 11 is 6.05. The summed E-state index contributed by atoms with van der Waals surface area (Å²) in [5.74, 6) is 0.274. The van der Waals surface area contributed by atoms with Crippen molar-refractivity contribution in [2.45, 2.75) is 44.8 Å². The van der Waals surface area contributed by atoms with Crippen molar-refractivity contribution in [3.05, 3.63) is 64.2 Å². The van der Waals surface area contributed by atoms with E-state index in [1.165, 1.54) is 19.3 Å². The first-order chi connectivity index (χ1) is 15.4. The van der Waals surface area contributed by atoms with Gasteiger partial charge in [0.05, 0.1) is 29.1 Å². The van der Waals surface area contributed by atoms with Crippen molar-refractivity contribution in [3.63, 3.8) is 0 Å². The Hall–Kier alpha value is -2.26. The monoisotopic (exact) mass is 502 g/mol. The number of nitrogens with one attached hydrogen (secondary N) is 1. The second-order valence-corrected chi connectivity index (χ2v) is 10.7. The topological polar surface area (TPSA) is 66.5 Å². The predicted octanol–water partition coefficient (Wildman–Crippen LogP) is 5.64. The first-order valence-electron chi connectivity index (χ1n) is 10.7. The van der Waals surface area contributed by atoms with Gasteiger partial charge in [-0.1, -0.05) is 43.0 Å². The highest BCUT2D eigenvalue weighted by molar-refractivity contribution is 7.92. The van der Waals surface area contributed by atoms with Gasteiger partial charge < -0.3 is 5.32 Å². The fourth-order valence-corrected chi connectivity index (χ4v) is 5.08. The molecule has 1 N–H and O–H groups in total. The highest BCUT2D eigenvalue weighted by atomic mass is 35.5. The van der Waals surface area contributed by atoms with Crippen LogP contribution < -0.4 is 9.62 Å². The number of anilines is 1. The summed E-state index contributed by atoms with van der Waals surface area (Å²) in [5, 5.41) is 2.82. The van der Waals surface area contributed by atoms with Crippen LogP contribution in [-0.4, -0.2) is 27.1 Å². The molecule has 0 aliphatic heterocycles. The van der Waals surface area contributed by atoms with Crippen molar-refractivity contribution in [1.29, 1.82) is 0 Å². The Bertz CT molecular complexity index is 1080. The zero-order valence-corrected chi connectivity index (χ0v) is 19.7. The van der Waals surface area contributed by atoms with Gasteiger partial charge >= 0.3 is 6.18 Å². The minimum Gasteiger partial charge on any atom is -0.352 e. The molecule has 0 unspecified atom stereocenters. The highest BCUT2D eigenvalue weighted by Crippen LogP contribution is 2.36. The molecular weight excluding hydrogens is 477 g/mol. The number of carbonyl (C=O) groups excluding carboxylic acids is 1. The molecule has 3 rings (SSSR count). The summed E-state index contributed by atoms with van der Waals surface area (Å²) in [7, 11) is -3.95. The number of halogens is 4. The van der Waals surface area contributed by atoms with Crippen molar-refractivity contribution in [3.8, 4) is 0 Å². The molecule has 2 aromatic carbocycles. The molecule has 33 heavy (non-hydrogen) atoms. The number of sulfonamides is 1. The molecule has 1 aliphatic rings. The lowest BCUT2D eigenvalue weighted by atomic mass is 9.89. The summed E-state index contributed by atoms with van der Waals surface area (Å²) in [6.07, 6.45) is 2.08. The molecule has 2 aromatic rings. The SMILES string of the molecule is CS(=O)(=O)N(Cc1ccc(C(=O)NCC2CCCCC2)cc1)c1cc(C(F)(F)F)ccc1Cl. The first kappa shape index (κ1) is 25.4. The number of alkyl halides is 3. The van der Waals surface area contributed by atoms with E-state index in [9.17, 15) is 26.4 Å². The zero-order valence-electron chi connectivity index (χ0n) is 18.2. The molecule has 180 valence electrons. The van der Waals surface area contributed by atoms with Crippen LogP contribution in [0.15, 0.2) is 42.5 Å². The Kier molecular flexibility index (Phi) is 7.95. The number of rotatable bonds is 7. The quantitative estimate of drug-likeness (QED) is 0.533. The molecule has 0 aromatic heterocycles. The van der Waals surface area contributed by atoms with E-state index in [1.807, 2.05) is 0 Å². The minimum atomic E-state index is -4.64. The van der Waals surface area contributed by atoms with E-state index in [0.29, 0.717) is 23.6 Å². The van der Waals surface area contributed by atoms with Gasteiger partial charge in [0.25, 0.3) is 5.91 Å². The maximum atomic E-state index is 13.1. The van der Waals surface area contributed by atoms with Gasteiger partial charge in [0, 0.05) is 12.1 Å². The van der Waals surface area contributed by atoms with E-state index in [0.717, 1.165) is 41.6 Å². The fourth-order valence-electron chi connectivity index (χ4n) is 3.92. The molecule has 1 aliphatic carbocycles. The van der Waals surface area contributed by atoms with Crippen LogP contribution in [0.2, 0.25) is 5.02 Å². The molecule has 0 radical (unpaired) electrons. The number of carbonyl (C=O) groups is 1. The molecule has 0 bridgehead atoms. The summed E-state index contributed by atoms with van der Waals surface area (Å²) in [5.41, 5.74) is -0.334. The van der Waals surface area contributed by atoms with Crippen molar-refractivity contribution in [1.82, 2.24) is 5.32 Å². The van der Waals surface area contributed by atoms with E-state index in [2.05, 4.69) is 5.32 Å². The number of amides is 1. The molecule has 0 saturated heterocycles. The molecule has 5 nitrogen and oxygen atoms in total. The summed E-state index contributed by atoms with van der Waals surface area (Å²) in [6, 6.07) is 8.84. The molecular formula is C23H26ClF3N2O3S. The van der Waals surface area contributed by atoms with E-state index in [4.69, 9.17) is 11.6 Å². The first-order valence-corrected chi connectivity index (χ1v) is 12.9. The van der Waals surface area contributed by atoms with Crippen LogP contribution in [0.1, 0.15) is 53.6 Å². The summed E-state index contributed by atoms with van der Waals surface area (Å²) in [6.45, 7) is 0.389. The Balaban J connectivity index is 1.75. The number of nitrogens with zero attached hydrogens (tertiary/aromatic N) is 1. The Morgan fingerprint density at radius 3 is 2.30 bits per heavy atom. The van der Waals surface area contributed by atoms with Gasteiger partial charge in [0.1, 0.15) is 0 Å². The third-order valence-electron chi connectivity index (χ3n) is 5.76. The zero-order chi connectivity index (χ0) is 24.2. The second kappa shape index (κ2) is 10.3. The Morgan fingerprint density at radius 2 is 1.73 bits per heavy atom. The van der Waals surface area contributed by atoms with Crippen LogP contribution in [0.25, 0.3) is 0 Å². The maximum absolute atomic E-state index is 13.1. The third-order valence-corrected chi connectivity index (χ3v) is 7.21. The Labute approximate surface area is 197 Å². The van der Waals surface area contributed by atoms with E-state index in [1.54, 1.807) is 24.3 Å². The summed E-state index contributed by atoms with van der Waals surface area (Å²) < 4.78 is 65.0. The minimum absolute atomic E-state index is 0.118. The lowest BCUT2D eigenvalue weighted by Gasteiger charge is -2.24. The summed E-state index contributed by atoms with van der Waals surface area (Å²) in [4.78, 5) is 12.4. The molecule has 1 amide bonds. The van der Waals surface area contributed by atoms with Gasteiger partial charge in [-0.25, -0.2) is 8.42 Å². The number of hydrogen-bond acceptors (Lipinski definition) is 3. The second-order valence-electron chi connectivity index (χ2n) is 8.34. The van der Waals surface area contributed by atoms with Crippen LogP contribution in [0.5, 0.6) is 0 Å². The van der Waals surface area contributed by atoms with Crippen molar-refractivity contribution < 1.29 is 26.4 Å². The van der Waals surface area contributed by atoms with Gasteiger partial charge in [0.15, 0.2) is 0 Å². The van der Waals surface area contributed by atoms with E-state index in [-0.39, 0.29) is 23.2 Å². The fraction of sp³-hybridized carbons (Fsp3) is 0.435. The average molecular weight is 503 g/mol. The number of benzene rings is 2. The van der Waals surface area contributed by atoms with Gasteiger partial charge in [0.2, 0.25) is 10.0 Å². The third kappa shape index (κ3) is 6.86. The van der Waals surface area contributed by atoms with Crippen LogP contribution in [0, 0.1) is 5.92 Å². The van der Waals surface area contributed by atoms with Gasteiger partial charge in [-0.05, 0) is 54.7 Å². The lowest BCUT2D eigenvalue weighted by molar-refractivity contribution is -0.137. The van der Waals surface area contributed by atoms with Gasteiger partial charge in [-0.15, -0.1) is 0 Å². The van der Waals surface area contributed by atoms with Crippen LogP contribution in [-0.2, 0) is 22.7 Å². The van der Waals surface area contributed by atoms with Crippen molar-refractivity contribution in [2.75, 3.05) is 17.1 Å². The molecule has 0 spiro atoms. The van der Waals surface area contributed by atoms with Crippen molar-refractivity contribution in [2.24, 2.45) is 5.92 Å².